The summed E-state index contributed by atoms with van der Waals surface area (Å²) >= 11 is 18.8. The Balaban J connectivity index is 1.54. The molecule has 1 saturated heterocycles. The maximum Gasteiger partial charge on any atom is 0.127 e. The smallest absolute Gasteiger partial charge is 0.127 e. The summed E-state index contributed by atoms with van der Waals surface area (Å²) in [5.74, 6) is 1.57. The molecule has 1 heterocycles. The summed E-state index contributed by atoms with van der Waals surface area (Å²) in [6, 6.07) is 23.3. The number of hydrogen-bond acceptors (Lipinski definition) is 2. The minimum atomic E-state index is -0.130. The normalized spacial score (nSPS) is 22.0. The number of alkyl halides is 1. The Bertz CT molecular complexity index is 946. The maximum absolute atomic E-state index is 6.58. The molecule has 144 valence electrons. The summed E-state index contributed by atoms with van der Waals surface area (Å²) in [4.78, 5) is 0. The van der Waals surface area contributed by atoms with Gasteiger partial charge >= 0.3 is 0 Å². The molecule has 0 spiro atoms. The van der Waals surface area contributed by atoms with Crippen molar-refractivity contribution < 1.29 is 9.47 Å². The number of benzene rings is 3. The Kier molecular flexibility index (Phi) is 6.13. The van der Waals surface area contributed by atoms with Crippen LogP contribution >= 0.6 is 34.8 Å². The van der Waals surface area contributed by atoms with Gasteiger partial charge in [-0.25, -0.2) is 0 Å². The molecule has 5 heteroatoms. The van der Waals surface area contributed by atoms with Crippen LogP contribution in [0.5, 0.6) is 11.5 Å². The van der Waals surface area contributed by atoms with E-state index in [1.807, 2.05) is 66.7 Å². The number of para-hydroxylation sites is 1. The quantitative estimate of drug-likeness (QED) is 0.388. The Morgan fingerprint density at radius 2 is 1.39 bits per heavy atom. The fraction of sp³-hybridized carbons (Fsp3) is 0.217. The Labute approximate surface area is 180 Å². The Morgan fingerprint density at radius 1 is 0.714 bits per heavy atom. The summed E-state index contributed by atoms with van der Waals surface area (Å²) in [5.41, 5.74) is 2.03. The first kappa shape index (κ1) is 19.6. The molecule has 1 aliphatic rings. The minimum Gasteiger partial charge on any atom is -0.457 e. The van der Waals surface area contributed by atoms with E-state index in [0.717, 1.165) is 35.5 Å². The van der Waals surface area contributed by atoms with Crippen LogP contribution in [0.4, 0.5) is 0 Å². The van der Waals surface area contributed by atoms with Gasteiger partial charge in [0.25, 0.3) is 0 Å². The van der Waals surface area contributed by atoms with Gasteiger partial charge in [0.15, 0.2) is 0 Å². The summed E-state index contributed by atoms with van der Waals surface area (Å²) in [7, 11) is 0. The monoisotopic (exact) mass is 432 g/mol. The molecule has 4 rings (SSSR count). The van der Waals surface area contributed by atoms with Gasteiger partial charge in [0.05, 0.1) is 22.3 Å². The van der Waals surface area contributed by atoms with E-state index in [1.54, 1.807) is 6.07 Å². The first-order chi connectivity index (χ1) is 13.6. The molecule has 3 aromatic rings. The fourth-order valence-corrected chi connectivity index (χ4v) is 4.05. The van der Waals surface area contributed by atoms with Crippen molar-refractivity contribution in [2.75, 3.05) is 0 Å². The second kappa shape index (κ2) is 8.75. The van der Waals surface area contributed by atoms with Crippen LogP contribution in [0, 0.1) is 0 Å². The highest BCUT2D eigenvalue weighted by Crippen LogP contribution is 2.42. The second-order valence-corrected chi connectivity index (χ2v) is 8.27. The van der Waals surface area contributed by atoms with Gasteiger partial charge < -0.3 is 9.47 Å². The van der Waals surface area contributed by atoms with E-state index in [2.05, 4.69) is 0 Å². The highest BCUT2D eigenvalue weighted by atomic mass is 35.5. The molecule has 2 nitrogen and oxygen atoms in total. The molecule has 0 aromatic heterocycles. The first-order valence-electron chi connectivity index (χ1n) is 9.16. The zero-order valence-electron chi connectivity index (χ0n) is 15.0. The van der Waals surface area contributed by atoms with Gasteiger partial charge in [-0.2, -0.15) is 0 Å². The van der Waals surface area contributed by atoms with Crippen molar-refractivity contribution in [2.24, 2.45) is 0 Å². The van der Waals surface area contributed by atoms with E-state index < -0.39 is 0 Å². The summed E-state index contributed by atoms with van der Waals surface area (Å²) in [5, 5.41) is 1.07. The number of halogens is 3. The van der Waals surface area contributed by atoms with Crippen molar-refractivity contribution >= 4 is 34.8 Å². The van der Waals surface area contributed by atoms with Gasteiger partial charge in [-0.3, -0.25) is 0 Å². The Hall–Kier alpha value is -1.71. The zero-order valence-corrected chi connectivity index (χ0v) is 17.3. The second-order valence-electron chi connectivity index (χ2n) is 6.84. The molecule has 28 heavy (non-hydrogen) atoms. The lowest BCUT2D eigenvalue weighted by molar-refractivity contribution is -0.0517. The van der Waals surface area contributed by atoms with E-state index in [0.29, 0.717) is 10.0 Å². The third-order valence-electron chi connectivity index (χ3n) is 4.79. The van der Waals surface area contributed by atoms with Gasteiger partial charge in [0.1, 0.15) is 11.5 Å². The maximum atomic E-state index is 6.58. The van der Waals surface area contributed by atoms with E-state index >= 15 is 0 Å². The van der Waals surface area contributed by atoms with Crippen LogP contribution in [0.2, 0.25) is 10.0 Å². The van der Waals surface area contributed by atoms with E-state index in [9.17, 15) is 0 Å². The summed E-state index contributed by atoms with van der Waals surface area (Å²) in [6.45, 7) is 0. The van der Waals surface area contributed by atoms with E-state index in [1.165, 1.54) is 0 Å². The minimum absolute atomic E-state index is 0.0110. The predicted octanol–water partition coefficient (Wildman–Crippen LogP) is 7.99. The van der Waals surface area contributed by atoms with Crippen LogP contribution in [0.15, 0.2) is 72.8 Å². The van der Waals surface area contributed by atoms with Crippen molar-refractivity contribution in [2.45, 2.75) is 30.4 Å². The van der Waals surface area contributed by atoms with Crippen LogP contribution < -0.4 is 4.74 Å². The lowest BCUT2D eigenvalue weighted by Gasteiger charge is -2.33. The molecule has 1 fully saturated rings. The fourth-order valence-electron chi connectivity index (χ4n) is 3.42. The van der Waals surface area contributed by atoms with Crippen LogP contribution in [0.3, 0.4) is 0 Å². The molecular weight excluding hydrogens is 415 g/mol. The third-order valence-corrected chi connectivity index (χ3v) is 5.89. The molecule has 3 atom stereocenters. The molecule has 0 bridgehead atoms. The average molecular weight is 434 g/mol. The molecule has 1 aliphatic heterocycles. The average Bonchev–Trinajstić information content (AvgIpc) is 2.70. The number of ether oxygens (including phenoxy) is 2. The summed E-state index contributed by atoms with van der Waals surface area (Å²) in [6.07, 6.45) is 1.23. The predicted molar refractivity (Wildman–Crippen MR) is 115 cm³/mol. The van der Waals surface area contributed by atoms with Gasteiger partial charge in [-0.15, -0.1) is 11.6 Å². The summed E-state index contributed by atoms with van der Waals surface area (Å²) < 4.78 is 12.3. The molecule has 3 unspecified atom stereocenters. The highest BCUT2D eigenvalue weighted by Gasteiger charge is 2.30. The molecule has 0 N–H and O–H groups in total. The van der Waals surface area contributed by atoms with Crippen LogP contribution in [-0.4, -0.2) is 5.38 Å². The first-order valence-corrected chi connectivity index (χ1v) is 10.3. The van der Waals surface area contributed by atoms with Crippen molar-refractivity contribution in [3.63, 3.8) is 0 Å². The molecule has 0 amide bonds. The van der Waals surface area contributed by atoms with Gasteiger partial charge in [0.2, 0.25) is 0 Å². The zero-order chi connectivity index (χ0) is 19.5. The van der Waals surface area contributed by atoms with Crippen molar-refractivity contribution in [3.05, 3.63) is 94.0 Å². The van der Waals surface area contributed by atoms with Crippen LogP contribution in [0.1, 0.15) is 36.2 Å². The molecular formula is C23H19Cl3O2. The van der Waals surface area contributed by atoms with Crippen LogP contribution in [-0.2, 0) is 4.74 Å². The van der Waals surface area contributed by atoms with E-state index in [4.69, 9.17) is 44.3 Å². The number of hydrogen-bond donors (Lipinski definition) is 0. The molecule has 0 radical (unpaired) electrons. The van der Waals surface area contributed by atoms with Crippen molar-refractivity contribution in [3.8, 4) is 11.5 Å². The Morgan fingerprint density at radius 3 is 2.11 bits per heavy atom. The third kappa shape index (κ3) is 4.64. The largest absolute Gasteiger partial charge is 0.457 e. The SMILES string of the molecule is Clc1ccc(C2CC(Cl)CC(c3cccc(Oc4ccccc4)c3)O2)cc1Cl. The van der Waals surface area contributed by atoms with Gasteiger partial charge in [-0.05, 0) is 60.4 Å². The van der Waals surface area contributed by atoms with Crippen molar-refractivity contribution in [1.82, 2.24) is 0 Å². The lowest BCUT2D eigenvalue weighted by atomic mass is 9.94. The topological polar surface area (TPSA) is 18.5 Å². The standard InChI is InChI=1S/C23H19Cl3O2/c24-17-13-22(28-23(14-17)16-9-10-20(25)21(26)12-16)15-5-4-8-19(11-15)27-18-6-2-1-3-7-18/h1-12,17,22-23H,13-14H2. The van der Waals surface area contributed by atoms with E-state index in [-0.39, 0.29) is 17.6 Å². The molecule has 3 aromatic carbocycles. The lowest BCUT2D eigenvalue weighted by Crippen LogP contribution is -2.23. The van der Waals surface area contributed by atoms with Gasteiger partial charge in [-0.1, -0.05) is 59.6 Å². The number of rotatable bonds is 4. The highest BCUT2D eigenvalue weighted by molar-refractivity contribution is 6.42. The molecule has 0 saturated carbocycles. The van der Waals surface area contributed by atoms with Crippen LogP contribution in [0.25, 0.3) is 0 Å². The molecule has 0 aliphatic carbocycles. The van der Waals surface area contributed by atoms with Gasteiger partial charge in [0, 0.05) is 5.38 Å². The van der Waals surface area contributed by atoms with Crippen molar-refractivity contribution in [1.29, 1.82) is 0 Å².